The van der Waals surface area contributed by atoms with E-state index in [0.29, 0.717) is 5.46 Å². The van der Waals surface area contributed by atoms with Gasteiger partial charge in [-0.2, -0.15) is 0 Å². The minimum absolute atomic E-state index is 0.509. The fourth-order valence-corrected chi connectivity index (χ4v) is 8.06. The number of halogens is 3. The van der Waals surface area contributed by atoms with Gasteiger partial charge in [0.05, 0.1) is 13.4 Å². The van der Waals surface area contributed by atoms with Gasteiger partial charge in [-0.05, 0) is 99.3 Å². The van der Waals surface area contributed by atoms with Gasteiger partial charge < -0.3 is 18.9 Å². The van der Waals surface area contributed by atoms with E-state index in [1.54, 1.807) is 12.1 Å². The van der Waals surface area contributed by atoms with Gasteiger partial charge in [0.25, 0.3) is 0 Å². The Morgan fingerprint density at radius 2 is 0.661 bits per heavy atom. The zero-order valence-corrected chi connectivity index (χ0v) is 34.5. The zero-order valence-electron chi connectivity index (χ0n) is 29.7. The summed E-state index contributed by atoms with van der Waals surface area (Å²) in [5.74, 6) is 0. The van der Waals surface area contributed by atoms with Gasteiger partial charge in [0.2, 0.25) is 0 Å². The zero-order chi connectivity index (χ0) is 38.6. The molecular weight excluding hydrogens is 891 g/mol. The first-order valence-electron chi connectivity index (χ1n) is 17.9. The second-order valence-electron chi connectivity index (χ2n) is 13.0. The molecule has 0 unspecified atom stereocenters. The number of hydrogen-bond donors (Lipinski definition) is 2. The maximum atomic E-state index is 8.94. The maximum absolute atomic E-state index is 8.94. The van der Waals surface area contributed by atoms with E-state index in [1.165, 1.54) is 11.1 Å². The molecular formula is C48H32BBr3O4. The molecule has 0 spiro atoms. The smallest absolute Gasteiger partial charge is 0.454 e. The molecule has 0 aliphatic rings. The largest absolute Gasteiger partial charge is 0.488 e. The fourth-order valence-electron chi connectivity index (χ4n) is 6.72. The predicted octanol–water partition coefficient (Wildman–Crippen LogP) is 13.8. The third-order valence-electron chi connectivity index (χ3n) is 9.52. The van der Waals surface area contributed by atoms with Crippen molar-refractivity contribution in [2.45, 2.75) is 0 Å². The van der Waals surface area contributed by atoms with Gasteiger partial charge in [-0.3, -0.25) is 0 Å². The second-order valence-corrected chi connectivity index (χ2v) is 15.6. The highest BCUT2D eigenvalue weighted by Crippen LogP contribution is 2.39. The van der Waals surface area contributed by atoms with Crippen LogP contribution < -0.4 is 5.46 Å². The molecule has 0 fully saturated rings. The normalized spacial score (nSPS) is 10.9. The Labute approximate surface area is 349 Å². The third kappa shape index (κ3) is 7.89. The quantitative estimate of drug-likeness (QED) is 0.173. The van der Waals surface area contributed by atoms with Crippen LogP contribution in [0.25, 0.3) is 77.3 Å². The van der Waals surface area contributed by atoms with E-state index in [1.807, 2.05) is 84.9 Å². The van der Waals surface area contributed by atoms with Crippen molar-refractivity contribution in [1.82, 2.24) is 0 Å². The molecule has 0 bridgehead atoms. The summed E-state index contributed by atoms with van der Waals surface area (Å²) in [5.41, 5.74) is 11.1. The third-order valence-corrected chi connectivity index (χ3v) is 11.4. The molecule has 4 nitrogen and oxygen atoms in total. The molecule has 0 aliphatic heterocycles. The summed E-state index contributed by atoms with van der Waals surface area (Å²) >= 11 is 10.6. The molecule has 8 heteroatoms. The van der Waals surface area contributed by atoms with Gasteiger partial charge in [-0.25, -0.2) is 0 Å². The van der Waals surface area contributed by atoms with E-state index in [0.717, 1.165) is 79.5 Å². The number of para-hydroxylation sites is 4. The van der Waals surface area contributed by atoms with Crippen molar-refractivity contribution in [2.24, 2.45) is 0 Å². The van der Waals surface area contributed by atoms with Crippen LogP contribution in [0.2, 0.25) is 0 Å². The van der Waals surface area contributed by atoms with Crippen LogP contribution in [0.4, 0.5) is 0 Å². The molecule has 0 saturated heterocycles. The SMILES string of the molecule is Brc1cccc2c1oc1c(-c3ccc(-c4ccccc4)cc3)cccc12.Brc1cccc2c1oc1c(Br)cccc12.OB(O)c1ccc(-c2ccccc2)cc1. The first-order valence-corrected chi connectivity index (χ1v) is 20.3. The maximum Gasteiger partial charge on any atom is 0.488 e. The Kier molecular flexibility index (Phi) is 11.4. The molecule has 2 heterocycles. The van der Waals surface area contributed by atoms with Crippen LogP contribution >= 0.6 is 47.8 Å². The molecule has 8 aromatic carbocycles. The fraction of sp³-hybridized carbons (Fsp3) is 0. The Morgan fingerprint density at radius 1 is 0.321 bits per heavy atom. The molecule has 0 aliphatic carbocycles. The summed E-state index contributed by atoms with van der Waals surface area (Å²) in [6, 6.07) is 60.9. The lowest BCUT2D eigenvalue weighted by atomic mass is 9.80. The van der Waals surface area contributed by atoms with Crippen LogP contribution in [0.3, 0.4) is 0 Å². The van der Waals surface area contributed by atoms with Crippen LogP contribution in [0.1, 0.15) is 0 Å². The summed E-state index contributed by atoms with van der Waals surface area (Å²) in [4.78, 5) is 0. The minimum atomic E-state index is -1.39. The van der Waals surface area contributed by atoms with Crippen molar-refractivity contribution in [1.29, 1.82) is 0 Å². The van der Waals surface area contributed by atoms with Crippen LogP contribution in [0.5, 0.6) is 0 Å². The molecule has 0 saturated carbocycles. The lowest BCUT2D eigenvalue weighted by Gasteiger charge is -2.05. The van der Waals surface area contributed by atoms with E-state index in [9.17, 15) is 0 Å². The summed E-state index contributed by atoms with van der Waals surface area (Å²) in [6.07, 6.45) is 0. The Bertz CT molecular complexity index is 2850. The standard InChI is InChI=1S/C24H15BrO.C12H11BO2.C12H6Br2O/c25-22-11-5-10-21-20-9-4-8-19(23(20)26-24(21)22)18-14-12-17(13-15-18)16-6-2-1-3-7-16;14-13(15)12-8-6-11(7-9-12)10-4-2-1-3-5-10;13-9-5-1-3-7-8-4-2-6-10(14)12(8)15-11(7)9/h1-15H;1-9,14-15H;1-6H. The van der Waals surface area contributed by atoms with Crippen molar-refractivity contribution in [3.63, 3.8) is 0 Å². The van der Waals surface area contributed by atoms with Crippen molar-refractivity contribution in [3.05, 3.63) is 195 Å². The van der Waals surface area contributed by atoms with Crippen molar-refractivity contribution in [3.8, 4) is 33.4 Å². The highest BCUT2D eigenvalue weighted by atomic mass is 79.9. The molecule has 56 heavy (non-hydrogen) atoms. The number of fused-ring (bicyclic) bond motifs is 6. The number of furan rings is 2. The van der Waals surface area contributed by atoms with Crippen LogP contribution in [0.15, 0.2) is 204 Å². The Hall–Kier alpha value is -5.22. The predicted molar refractivity (Wildman–Crippen MR) is 243 cm³/mol. The van der Waals surface area contributed by atoms with E-state index in [2.05, 4.69) is 133 Å². The van der Waals surface area contributed by atoms with Crippen molar-refractivity contribution in [2.75, 3.05) is 0 Å². The van der Waals surface area contributed by atoms with Gasteiger partial charge >= 0.3 is 7.12 Å². The van der Waals surface area contributed by atoms with Gasteiger partial charge in [-0.1, -0.05) is 164 Å². The summed E-state index contributed by atoms with van der Waals surface area (Å²) in [7, 11) is -1.39. The van der Waals surface area contributed by atoms with Crippen LogP contribution in [-0.2, 0) is 0 Å². The Balaban J connectivity index is 0.000000126. The number of benzene rings is 8. The van der Waals surface area contributed by atoms with Crippen molar-refractivity contribution < 1.29 is 18.9 Å². The molecule has 0 amide bonds. The average Bonchev–Trinajstić information content (AvgIpc) is 3.84. The van der Waals surface area contributed by atoms with Gasteiger partial charge in [0.1, 0.15) is 22.3 Å². The van der Waals surface area contributed by atoms with Gasteiger partial charge in [-0.15, -0.1) is 0 Å². The topological polar surface area (TPSA) is 66.7 Å². The van der Waals surface area contributed by atoms with Crippen molar-refractivity contribution >= 4 is 104 Å². The van der Waals surface area contributed by atoms with E-state index in [4.69, 9.17) is 18.9 Å². The molecule has 10 aromatic rings. The minimum Gasteiger partial charge on any atom is -0.454 e. The monoisotopic (exact) mass is 920 g/mol. The summed E-state index contributed by atoms with van der Waals surface area (Å²) < 4.78 is 15.0. The van der Waals surface area contributed by atoms with Gasteiger partial charge in [0, 0.05) is 27.1 Å². The molecule has 0 atom stereocenters. The van der Waals surface area contributed by atoms with Crippen LogP contribution in [-0.4, -0.2) is 17.2 Å². The van der Waals surface area contributed by atoms with Crippen LogP contribution in [0, 0.1) is 0 Å². The van der Waals surface area contributed by atoms with E-state index >= 15 is 0 Å². The molecule has 2 N–H and O–H groups in total. The summed E-state index contributed by atoms with van der Waals surface area (Å²) in [5, 5.41) is 22.4. The number of hydrogen-bond acceptors (Lipinski definition) is 4. The van der Waals surface area contributed by atoms with E-state index in [-0.39, 0.29) is 0 Å². The first-order chi connectivity index (χ1) is 27.4. The van der Waals surface area contributed by atoms with E-state index < -0.39 is 7.12 Å². The Morgan fingerprint density at radius 3 is 1.09 bits per heavy atom. The molecule has 0 radical (unpaired) electrons. The van der Waals surface area contributed by atoms with Gasteiger partial charge in [0.15, 0.2) is 0 Å². The lowest BCUT2D eigenvalue weighted by Crippen LogP contribution is -2.29. The second kappa shape index (κ2) is 16.9. The lowest BCUT2D eigenvalue weighted by molar-refractivity contribution is 0.426. The number of rotatable bonds is 4. The average molecular weight is 923 g/mol. The molecule has 2 aromatic heterocycles. The highest BCUT2D eigenvalue weighted by molar-refractivity contribution is 9.11. The highest BCUT2D eigenvalue weighted by Gasteiger charge is 2.14. The summed E-state index contributed by atoms with van der Waals surface area (Å²) in [6.45, 7) is 0. The molecule has 10 rings (SSSR count). The molecule has 272 valence electrons. The first kappa shape index (κ1) is 37.7.